The number of thioether (sulfide) groups is 1. The first kappa shape index (κ1) is 23.6. The van der Waals surface area contributed by atoms with Gasteiger partial charge in [0.1, 0.15) is 40.9 Å². The molecule has 1 fully saturated rings. The number of carbonyl (C=O) groups is 1. The van der Waals surface area contributed by atoms with Crippen molar-refractivity contribution in [1.29, 1.82) is 5.26 Å². The van der Waals surface area contributed by atoms with Crippen molar-refractivity contribution < 1.29 is 30.0 Å². The van der Waals surface area contributed by atoms with Gasteiger partial charge in [-0.25, -0.2) is 4.98 Å². The van der Waals surface area contributed by atoms with Crippen LogP contribution in [0.15, 0.2) is 29.3 Å². The number of rotatable bonds is 5. The van der Waals surface area contributed by atoms with Gasteiger partial charge in [-0.3, -0.25) is 4.79 Å². The van der Waals surface area contributed by atoms with Crippen LogP contribution in [0.4, 0.5) is 0 Å². The Morgan fingerprint density at radius 1 is 1.23 bits per heavy atom. The maximum Gasteiger partial charge on any atom is 0.162 e. The van der Waals surface area contributed by atoms with Gasteiger partial charge in [0.2, 0.25) is 0 Å². The van der Waals surface area contributed by atoms with Crippen LogP contribution in [0.25, 0.3) is 11.1 Å². The van der Waals surface area contributed by atoms with Crippen LogP contribution in [-0.2, 0) is 4.74 Å². The zero-order valence-electron chi connectivity index (χ0n) is 16.7. The van der Waals surface area contributed by atoms with Gasteiger partial charge in [-0.1, -0.05) is 35.5 Å². The number of aryl methyl sites for hydroxylation is 1. The van der Waals surface area contributed by atoms with Crippen molar-refractivity contribution in [2.75, 3.05) is 6.61 Å². The summed E-state index contributed by atoms with van der Waals surface area (Å²) in [5.41, 5.74) is 0.620. The highest BCUT2D eigenvalue weighted by atomic mass is 35.5. The first-order chi connectivity index (χ1) is 14.7. The fourth-order valence-corrected chi connectivity index (χ4v) is 4.78. The Morgan fingerprint density at radius 3 is 2.42 bits per heavy atom. The molecule has 3 rings (SSSR count). The van der Waals surface area contributed by atoms with Crippen LogP contribution in [0.5, 0.6) is 0 Å². The van der Waals surface area contributed by atoms with E-state index < -0.39 is 36.5 Å². The molecule has 0 saturated carbocycles. The minimum atomic E-state index is -1.55. The molecule has 1 aliphatic rings. The van der Waals surface area contributed by atoms with Gasteiger partial charge >= 0.3 is 0 Å². The fraction of sp³-hybridized carbons (Fsp3) is 0.381. The SMILES string of the molecule is CC(=O)c1c(C)nc(S[C@@H]2O[C@H](CO)[C@@H](O)[C@H](O)[C@H]2O)c(C#N)c1-c1ccc(Cl)cc1. The number of carbonyl (C=O) groups excluding carboxylic acids is 1. The lowest BCUT2D eigenvalue weighted by molar-refractivity contribution is -0.205. The van der Waals surface area contributed by atoms with E-state index in [2.05, 4.69) is 11.1 Å². The maximum absolute atomic E-state index is 12.4. The van der Waals surface area contributed by atoms with Crippen LogP contribution in [0.1, 0.15) is 28.5 Å². The third kappa shape index (κ3) is 4.61. The minimum absolute atomic E-state index is 0.0973. The van der Waals surface area contributed by atoms with Crippen molar-refractivity contribution in [3.05, 3.63) is 46.1 Å². The van der Waals surface area contributed by atoms with Crippen molar-refractivity contribution >= 4 is 29.1 Å². The van der Waals surface area contributed by atoms with Gasteiger partial charge in [0.15, 0.2) is 5.78 Å². The molecule has 4 N–H and O–H groups in total. The average molecular weight is 465 g/mol. The van der Waals surface area contributed by atoms with Crippen LogP contribution in [-0.4, -0.2) is 67.7 Å². The Kier molecular flexibility index (Phi) is 7.34. The molecule has 1 aromatic carbocycles. The summed E-state index contributed by atoms with van der Waals surface area (Å²) in [6, 6.07) is 8.74. The molecule has 2 heterocycles. The summed E-state index contributed by atoms with van der Waals surface area (Å²) in [7, 11) is 0. The van der Waals surface area contributed by atoms with Gasteiger partial charge in [-0.15, -0.1) is 0 Å². The summed E-state index contributed by atoms with van der Waals surface area (Å²) in [4.78, 5) is 16.8. The number of ether oxygens (including phenoxy) is 1. The van der Waals surface area contributed by atoms with Gasteiger partial charge in [-0.2, -0.15) is 5.26 Å². The molecule has 10 heteroatoms. The van der Waals surface area contributed by atoms with Gasteiger partial charge in [0, 0.05) is 16.1 Å². The summed E-state index contributed by atoms with van der Waals surface area (Å²) in [5.74, 6) is -0.268. The summed E-state index contributed by atoms with van der Waals surface area (Å²) >= 11 is 6.85. The lowest BCUT2D eigenvalue weighted by Gasteiger charge is -2.39. The second-order valence-electron chi connectivity index (χ2n) is 7.12. The molecule has 8 nitrogen and oxygen atoms in total. The number of aliphatic hydroxyl groups excluding tert-OH is 4. The number of Topliss-reactive ketones (excluding diaryl/α,β-unsaturated/α-hetero) is 1. The number of hydrogen-bond donors (Lipinski definition) is 4. The predicted molar refractivity (Wildman–Crippen MR) is 114 cm³/mol. The second-order valence-corrected chi connectivity index (χ2v) is 8.64. The topological polar surface area (TPSA) is 144 Å². The zero-order valence-corrected chi connectivity index (χ0v) is 18.3. The van der Waals surface area contributed by atoms with E-state index in [1.54, 1.807) is 31.2 Å². The van der Waals surface area contributed by atoms with E-state index in [0.717, 1.165) is 11.8 Å². The van der Waals surface area contributed by atoms with Crippen LogP contribution in [0, 0.1) is 18.3 Å². The molecule has 1 aliphatic heterocycles. The van der Waals surface area contributed by atoms with Crippen LogP contribution in [0.3, 0.4) is 0 Å². The van der Waals surface area contributed by atoms with Crippen molar-refractivity contribution in [3.63, 3.8) is 0 Å². The first-order valence-corrected chi connectivity index (χ1v) is 10.6. The first-order valence-electron chi connectivity index (χ1n) is 9.38. The smallest absolute Gasteiger partial charge is 0.162 e. The standard InChI is InChI=1S/C21H21ClN2O6S/c1-9-15(10(2)26)16(11-3-5-12(22)6-4-11)13(7-23)20(24-9)31-21-19(29)18(28)17(27)14(8-25)30-21/h3-6,14,17-19,21,25,27-29H,8H2,1-2H3/t14-,17-,18+,19-,21+/m1/s1. The Labute approximate surface area is 188 Å². The molecule has 5 atom stereocenters. The number of halogens is 1. The number of hydrogen-bond acceptors (Lipinski definition) is 9. The molecule has 1 saturated heterocycles. The lowest BCUT2D eigenvalue weighted by atomic mass is 9.93. The van der Waals surface area contributed by atoms with Crippen molar-refractivity contribution in [2.24, 2.45) is 0 Å². The van der Waals surface area contributed by atoms with E-state index in [0.29, 0.717) is 21.8 Å². The maximum atomic E-state index is 12.4. The van der Waals surface area contributed by atoms with E-state index in [-0.39, 0.29) is 21.9 Å². The number of benzene rings is 1. The molecule has 2 aromatic rings. The zero-order chi connectivity index (χ0) is 22.9. The quantitative estimate of drug-likeness (QED) is 0.485. The number of ketones is 1. The largest absolute Gasteiger partial charge is 0.394 e. The molecule has 1 aromatic heterocycles. The summed E-state index contributed by atoms with van der Waals surface area (Å²) in [6.07, 6.45) is -5.63. The lowest BCUT2D eigenvalue weighted by Crippen LogP contribution is -2.57. The van der Waals surface area contributed by atoms with E-state index in [1.807, 2.05) is 0 Å². The number of pyridine rings is 1. The van der Waals surface area contributed by atoms with Crippen molar-refractivity contribution in [3.8, 4) is 17.2 Å². The van der Waals surface area contributed by atoms with Crippen molar-refractivity contribution in [1.82, 2.24) is 4.98 Å². The Balaban J connectivity index is 2.13. The number of aliphatic hydroxyl groups is 4. The summed E-state index contributed by atoms with van der Waals surface area (Å²) in [6.45, 7) is 2.45. The summed E-state index contributed by atoms with van der Waals surface area (Å²) in [5, 5.41) is 50.4. The van der Waals surface area contributed by atoms with E-state index in [1.165, 1.54) is 6.92 Å². The van der Waals surface area contributed by atoms with E-state index in [4.69, 9.17) is 16.3 Å². The van der Waals surface area contributed by atoms with Gasteiger partial charge in [-0.05, 0) is 31.5 Å². The van der Waals surface area contributed by atoms with E-state index in [9.17, 15) is 30.5 Å². The third-order valence-corrected chi connectivity index (χ3v) is 6.41. The molecule has 0 amide bonds. The molecule has 0 aliphatic carbocycles. The Bertz CT molecular complexity index is 1020. The fourth-order valence-electron chi connectivity index (χ4n) is 3.48. The third-order valence-electron chi connectivity index (χ3n) is 5.02. The highest BCUT2D eigenvalue weighted by Crippen LogP contribution is 2.39. The molecule has 0 unspecified atom stereocenters. The second kappa shape index (κ2) is 9.63. The van der Waals surface area contributed by atoms with Crippen molar-refractivity contribution in [2.45, 2.75) is 48.7 Å². The molecular weight excluding hydrogens is 444 g/mol. The monoisotopic (exact) mass is 464 g/mol. The Hall–Kier alpha value is -2.03. The molecule has 0 bridgehead atoms. The number of aromatic nitrogens is 1. The van der Waals surface area contributed by atoms with Crippen LogP contribution >= 0.6 is 23.4 Å². The average Bonchev–Trinajstić information content (AvgIpc) is 2.74. The van der Waals surface area contributed by atoms with Crippen LogP contribution < -0.4 is 0 Å². The van der Waals surface area contributed by atoms with Gasteiger partial charge in [0.05, 0.1) is 17.9 Å². The van der Waals surface area contributed by atoms with E-state index >= 15 is 0 Å². The molecule has 31 heavy (non-hydrogen) atoms. The highest BCUT2D eigenvalue weighted by molar-refractivity contribution is 7.99. The van der Waals surface area contributed by atoms with Gasteiger partial charge in [0.25, 0.3) is 0 Å². The number of nitriles is 1. The van der Waals surface area contributed by atoms with Gasteiger partial charge < -0.3 is 25.2 Å². The number of nitrogens with zero attached hydrogens (tertiary/aromatic N) is 2. The molecule has 164 valence electrons. The predicted octanol–water partition coefficient (Wildman–Crippen LogP) is 1.68. The Morgan fingerprint density at radius 2 is 1.87 bits per heavy atom. The minimum Gasteiger partial charge on any atom is -0.394 e. The summed E-state index contributed by atoms with van der Waals surface area (Å²) < 4.78 is 5.53. The molecular formula is C21H21ClN2O6S. The molecule has 0 spiro atoms. The normalized spacial score (nSPS) is 25.8. The van der Waals surface area contributed by atoms with Crippen LogP contribution in [0.2, 0.25) is 5.02 Å². The molecule has 0 radical (unpaired) electrons. The highest BCUT2D eigenvalue weighted by Gasteiger charge is 2.44.